The van der Waals surface area contributed by atoms with E-state index in [1.165, 1.54) is 11.3 Å². The summed E-state index contributed by atoms with van der Waals surface area (Å²) in [5.74, 6) is 0.237. The number of nitrogens with one attached hydrogen (secondary N) is 1. The Balaban J connectivity index is 1.57. The minimum Gasteiger partial charge on any atom is -0.337 e. The van der Waals surface area contributed by atoms with Gasteiger partial charge in [-0.1, -0.05) is 35.0 Å². The molecule has 0 bridgehead atoms. The number of benzene rings is 1. The molecule has 3 amide bonds. The average molecular weight is 389 g/mol. The number of imide groups is 1. The molecule has 1 atom stereocenters. The van der Waals surface area contributed by atoms with Crippen molar-refractivity contribution in [1.82, 2.24) is 20.4 Å². The molecule has 1 fully saturated rings. The second-order valence-electron chi connectivity index (χ2n) is 5.94. The average Bonchev–Trinajstić information content (AvgIpc) is 3.34. The Kier molecular flexibility index (Phi) is 4.01. The van der Waals surface area contributed by atoms with Crippen LogP contribution in [0, 0.1) is 0 Å². The molecule has 7 nitrogen and oxygen atoms in total. The van der Waals surface area contributed by atoms with E-state index in [0.29, 0.717) is 16.4 Å². The molecular weight excluding hydrogens is 376 g/mol. The number of amides is 3. The van der Waals surface area contributed by atoms with Crippen LogP contribution in [-0.4, -0.2) is 27.0 Å². The van der Waals surface area contributed by atoms with Crippen molar-refractivity contribution in [2.45, 2.75) is 19.0 Å². The van der Waals surface area contributed by atoms with Gasteiger partial charge in [-0.05, 0) is 36.1 Å². The highest BCUT2D eigenvalue weighted by molar-refractivity contribution is 7.13. The van der Waals surface area contributed by atoms with Crippen molar-refractivity contribution in [3.63, 3.8) is 0 Å². The smallest absolute Gasteiger partial charge is 0.325 e. The highest BCUT2D eigenvalue weighted by atomic mass is 35.5. The maximum atomic E-state index is 12.9. The minimum atomic E-state index is -1.17. The van der Waals surface area contributed by atoms with Gasteiger partial charge >= 0.3 is 6.03 Å². The van der Waals surface area contributed by atoms with E-state index in [9.17, 15) is 9.59 Å². The molecule has 0 radical (unpaired) electrons. The molecule has 1 aliphatic rings. The predicted octanol–water partition coefficient (Wildman–Crippen LogP) is 3.42. The third kappa shape index (κ3) is 2.77. The lowest BCUT2D eigenvalue weighted by Crippen LogP contribution is -2.40. The third-order valence-electron chi connectivity index (χ3n) is 4.20. The van der Waals surface area contributed by atoms with E-state index >= 15 is 0 Å². The summed E-state index contributed by atoms with van der Waals surface area (Å²) < 4.78 is 5.19. The van der Waals surface area contributed by atoms with Crippen LogP contribution in [0.25, 0.3) is 10.7 Å². The van der Waals surface area contributed by atoms with E-state index in [-0.39, 0.29) is 18.3 Å². The zero-order valence-electron chi connectivity index (χ0n) is 13.6. The van der Waals surface area contributed by atoms with Crippen LogP contribution < -0.4 is 5.32 Å². The van der Waals surface area contributed by atoms with Gasteiger partial charge in [0.1, 0.15) is 12.1 Å². The number of hydrogen-bond acceptors (Lipinski definition) is 6. The third-order valence-corrected chi connectivity index (χ3v) is 5.32. The molecule has 3 aromatic rings. The summed E-state index contributed by atoms with van der Waals surface area (Å²) in [5.41, 5.74) is -0.522. The van der Waals surface area contributed by atoms with Crippen LogP contribution in [0.1, 0.15) is 18.4 Å². The van der Waals surface area contributed by atoms with Crippen molar-refractivity contribution >= 4 is 34.9 Å². The molecule has 1 N–H and O–H groups in total. The molecule has 4 rings (SSSR count). The van der Waals surface area contributed by atoms with Crippen molar-refractivity contribution in [1.29, 1.82) is 0 Å². The maximum absolute atomic E-state index is 12.9. The molecule has 0 aliphatic carbocycles. The summed E-state index contributed by atoms with van der Waals surface area (Å²) in [4.78, 5) is 31.4. The van der Waals surface area contributed by atoms with Gasteiger partial charge < -0.3 is 9.84 Å². The van der Waals surface area contributed by atoms with Crippen LogP contribution in [0.3, 0.4) is 0 Å². The van der Waals surface area contributed by atoms with Crippen LogP contribution in [0.2, 0.25) is 5.02 Å². The first-order valence-electron chi connectivity index (χ1n) is 7.74. The number of urea groups is 1. The molecule has 26 heavy (non-hydrogen) atoms. The Bertz CT molecular complexity index is 970. The Hall–Kier alpha value is -2.71. The molecule has 0 spiro atoms. The number of hydrogen-bond donors (Lipinski definition) is 1. The van der Waals surface area contributed by atoms with Crippen molar-refractivity contribution < 1.29 is 14.1 Å². The first kappa shape index (κ1) is 16.7. The first-order chi connectivity index (χ1) is 12.5. The summed E-state index contributed by atoms with van der Waals surface area (Å²) in [5, 5.41) is 9.08. The van der Waals surface area contributed by atoms with Crippen molar-refractivity contribution in [2.75, 3.05) is 0 Å². The van der Waals surface area contributed by atoms with Gasteiger partial charge in [0, 0.05) is 5.02 Å². The van der Waals surface area contributed by atoms with E-state index in [4.69, 9.17) is 16.1 Å². The van der Waals surface area contributed by atoms with Gasteiger partial charge in [-0.15, -0.1) is 11.3 Å². The highest BCUT2D eigenvalue weighted by Crippen LogP contribution is 2.30. The SMILES string of the molecule is CC1(c2ccc(Cl)cc2)NC(=O)N(Cc2nc(-c3cccs3)no2)C1=O. The fourth-order valence-electron chi connectivity index (χ4n) is 2.78. The second kappa shape index (κ2) is 6.22. The predicted molar refractivity (Wildman–Crippen MR) is 95.5 cm³/mol. The quantitative estimate of drug-likeness (QED) is 0.692. The topological polar surface area (TPSA) is 88.3 Å². The summed E-state index contributed by atoms with van der Waals surface area (Å²) in [6, 6.07) is 10.0. The Labute approximate surface area is 157 Å². The van der Waals surface area contributed by atoms with Crippen LogP contribution in [0.15, 0.2) is 46.3 Å². The fourth-order valence-corrected chi connectivity index (χ4v) is 3.55. The minimum absolute atomic E-state index is 0.0910. The standard InChI is InChI=1S/C17H13ClN4O3S/c1-17(10-4-6-11(18)7-5-10)15(23)22(16(24)20-17)9-13-19-14(21-25-13)12-3-2-8-26-12/h2-8H,9H2,1H3,(H,20,24). The molecule has 132 valence electrons. The van der Waals surface area contributed by atoms with Crippen molar-refractivity contribution in [2.24, 2.45) is 0 Å². The Morgan fingerprint density at radius 3 is 2.73 bits per heavy atom. The molecule has 0 saturated carbocycles. The van der Waals surface area contributed by atoms with Gasteiger partial charge in [0.05, 0.1) is 4.88 Å². The van der Waals surface area contributed by atoms with E-state index < -0.39 is 11.6 Å². The van der Waals surface area contributed by atoms with E-state index in [0.717, 1.165) is 9.78 Å². The van der Waals surface area contributed by atoms with Gasteiger partial charge in [-0.2, -0.15) is 4.98 Å². The monoisotopic (exact) mass is 388 g/mol. The number of carbonyl (C=O) groups excluding carboxylic acids is 2. The highest BCUT2D eigenvalue weighted by Gasteiger charge is 2.49. The molecule has 1 unspecified atom stereocenters. The molecule has 9 heteroatoms. The zero-order chi connectivity index (χ0) is 18.3. The molecule has 3 heterocycles. The zero-order valence-corrected chi connectivity index (χ0v) is 15.2. The Morgan fingerprint density at radius 1 is 1.27 bits per heavy atom. The maximum Gasteiger partial charge on any atom is 0.325 e. The molecular formula is C17H13ClN4O3S. The summed E-state index contributed by atoms with van der Waals surface area (Å²) in [6.07, 6.45) is 0. The largest absolute Gasteiger partial charge is 0.337 e. The van der Waals surface area contributed by atoms with Crippen LogP contribution in [-0.2, 0) is 16.9 Å². The number of nitrogens with zero attached hydrogens (tertiary/aromatic N) is 3. The summed E-state index contributed by atoms with van der Waals surface area (Å²) >= 11 is 7.38. The number of thiophene rings is 1. The fraction of sp³-hybridized carbons (Fsp3) is 0.176. The number of halogens is 1. The normalized spacial score (nSPS) is 19.8. The van der Waals surface area contributed by atoms with Gasteiger partial charge in [0.15, 0.2) is 0 Å². The lowest BCUT2D eigenvalue weighted by atomic mass is 9.92. The van der Waals surface area contributed by atoms with Gasteiger partial charge in [-0.25, -0.2) is 4.79 Å². The lowest BCUT2D eigenvalue weighted by Gasteiger charge is -2.22. The van der Waals surface area contributed by atoms with Crippen LogP contribution in [0.5, 0.6) is 0 Å². The number of carbonyl (C=O) groups is 2. The molecule has 1 saturated heterocycles. The van der Waals surface area contributed by atoms with E-state index in [2.05, 4.69) is 15.5 Å². The molecule has 1 aliphatic heterocycles. The van der Waals surface area contributed by atoms with Crippen molar-refractivity contribution in [3.05, 3.63) is 58.3 Å². The van der Waals surface area contributed by atoms with E-state index in [1.807, 2.05) is 17.5 Å². The second-order valence-corrected chi connectivity index (χ2v) is 7.33. The molecule has 1 aromatic carbocycles. The molecule has 2 aromatic heterocycles. The van der Waals surface area contributed by atoms with E-state index in [1.54, 1.807) is 31.2 Å². The van der Waals surface area contributed by atoms with Crippen LogP contribution in [0.4, 0.5) is 4.79 Å². The first-order valence-corrected chi connectivity index (χ1v) is 9.00. The number of aromatic nitrogens is 2. The van der Waals surface area contributed by atoms with Crippen molar-refractivity contribution in [3.8, 4) is 10.7 Å². The lowest BCUT2D eigenvalue weighted by molar-refractivity contribution is -0.131. The summed E-state index contributed by atoms with van der Waals surface area (Å²) in [6.45, 7) is 1.56. The van der Waals surface area contributed by atoms with Gasteiger partial charge in [0.25, 0.3) is 5.91 Å². The van der Waals surface area contributed by atoms with Gasteiger partial charge in [-0.3, -0.25) is 9.69 Å². The number of rotatable bonds is 4. The van der Waals surface area contributed by atoms with Gasteiger partial charge in [0.2, 0.25) is 11.7 Å². The Morgan fingerprint density at radius 2 is 2.04 bits per heavy atom. The summed E-state index contributed by atoms with van der Waals surface area (Å²) in [7, 11) is 0. The van der Waals surface area contributed by atoms with Crippen LogP contribution >= 0.6 is 22.9 Å².